The molecule has 0 radical (unpaired) electrons. The van der Waals surface area contributed by atoms with Gasteiger partial charge in [0.15, 0.2) is 0 Å². The van der Waals surface area contributed by atoms with E-state index in [1.54, 1.807) is 12.4 Å². The van der Waals surface area contributed by atoms with Gasteiger partial charge in [0, 0.05) is 12.1 Å². The van der Waals surface area contributed by atoms with E-state index >= 15 is 0 Å². The van der Waals surface area contributed by atoms with Crippen LogP contribution in [0.4, 0.5) is 0 Å². The van der Waals surface area contributed by atoms with Crippen molar-refractivity contribution < 1.29 is 0 Å². The summed E-state index contributed by atoms with van der Waals surface area (Å²) in [5.41, 5.74) is 0. The van der Waals surface area contributed by atoms with Crippen molar-refractivity contribution in [3.8, 4) is 0 Å². The molecule has 0 amide bonds. The fourth-order valence-electron chi connectivity index (χ4n) is 1.03. The highest BCUT2D eigenvalue weighted by atomic mass is 127. The summed E-state index contributed by atoms with van der Waals surface area (Å²) in [6.07, 6.45) is 3.38. The summed E-state index contributed by atoms with van der Waals surface area (Å²) >= 11 is 2.33. The number of rotatable bonds is 4. The summed E-state index contributed by atoms with van der Waals surface area (Å²) in [4.78, 5) is 6.30. The molecule has 0 spiro atoms. The maximum atomic E-state index is 4.25. The molecule has 2 nitrogen and oxygen atoms in total. The predicted octanol–water partition coefficient (Wildman–Crippen LogP) is 3.41. The van der Waals surface area contributed by atoms with Gasteiger partial charge in [-0.2, -0.15) is 0 Å². The fourth-order valence-corrected chi connectivity index (χ4v) is 1.54. The fraction of sp³-hybridized carbons (Fsp3) is 0.500. The van der Waals surface area contributed by atoms with Gasteiger partial charge in [-0.15, -0.1) is 0 Å². The van der Waals surface area contributed by atoms with Gasteiger partial charge in [0.05, 0.1) is 4.05 Å². The molecule has 74 valence electrons. The first-order valence-electron chi connectivity index (χ1n) is 4.28. The summed E-state index contributed by atoms with van der Waals surface area (Å²) in [5, 5.41) is 0. The van der Waals surface area contributed by atoms with Crippen molar-refractivity contribution >= 4 is 28.4 Å². The highest BCUT2D eigenvalue weighted by molar-refractivity contribution is 14.1. The number of aliphatic imine (C=N–C) groups is 1. The Kier molecular flexibility index (Phi) is 6.03. The molecular weight excluding hydrogens is 275 g/mol. The number of hydrogen-bond acceptors (Lipinski definition) is 1. The molecule has 3 heteroatoms. The van der Waals surface area contributed by atoms with E-state index < -0.39 is 0 Å². The summed E-state index contributed by atoms with van der Waals surface area (Å²) in [6.45, 7) is 13.7. The predicted molar refractivity (Wildman–Crippen MR) is 68.0 cm³/mol. The Labute approximate surface area is 94.6 Å². The van der Waals surface area contributed by atoms with Crippen molar-refractivity contribution in [1.29, 1.82) is 0 Å². The van der Waals surface area contributed by atoms with Crippen LogP contribution in [0.2, 0.25) is 0 Å². The summed E-state index contributed by atoms with van der Waals surface area (Å²) < 4.78 is 0.358. The monoisotopic (exact) mass is 292 g/mol. The van der Waals surface area contributed by atoms with Crippen molar-refractivity contribution in [2.24, 2.45) is 10.9 Å². The number of nitrogens with zero attached hydrogens (tertiary/aromatic N) is 2. The van der Waals surface area contributed by atoms with Crippen LogP contribution in [-0.4, -0.2) is 14.8 Å². The van der Waals surface area contributed by atoms with Crippen LogP contribution in [0.5, 0.6) is 0 Å². The van der Waals surface area contributed by atoms with Gasteiger partial charge in [0.1, 0.15) is 5.84 Å². The molecule has 0 aromatic heterocycles. The lowest BCUT2D eigenvalue weighted by molar-refractivity contribution is 0.534. The van der Waals surface area contributed by atoms with Gasteiger partial charge in [-0.25, -0.2) is 4.99 Å². The zero-order chi connectivity index (χ0) is 10.4. The molecule has 0 N–H and O–H groups in total. The first-order chi connectivity index (χ1) is 6.04. The Morgan fingerprint density at radius 3 is 2.15 bits per heavy atom. The van der Waals surface area contributed by atoms with Gasteiger partial charge in [-0.05, 0) is 13.1 Å². The topological polar surface area (TPSA) is 15.6 Å². The van der Waals surface area contributed by atoms with Gasteiger partial charge in [0.25, 0.3) is 0 Å². The van der Waals surface area contributed by atoms with Crippen molar-refractivity contribution in [3.05, 3.63) is 25.6 Å². The zero-order valence-corrected chi connectivity index (χ0v) is 10.7. The Bertz CT molecular complexity index is 207. The molecule has 0 aromatic carbocycles. The molecule has 0 aliphatic carbocycles. The Morgan fingerprint density at radius 1 is 1.38 bits per heavy atom. The van der Waals surface area contributed by atoms with E-state index in [-0.39, 0.29) is 0 Å². The lowest BCUT2D eigenvalue weighted by Gasteiger charge is -2.26. The molecule has 0 saturated heterocycles. The van der Waals surface area contributed by atoms with Crippen LogP contribution in [0, 0.1) is 5.92 Å². The van der Waals surface area contributed by atoms with Crippen molar-refractivity contribution in [3.63, 3.8) is 0 Å². The third-order valence-corrected chi connectivity index (χ3v) is 2.18. The third-order valence-electron chi connectivity index (χ3n) is 1.58. The Balaban J connectivity index is 4.79. The van der Waals surface area contributed by atoms with Crippen LogP contribution in [0.1, 0.15) is 20.8 Å². The maximum Gasteiger partial charge on any atom is 0.111 e. The molecule has 0 fully saturated rings. The van der Waals surface area contributed by atoms with Gasteiger partial charge in [-0.3, -0.25) is 0 Å². The van der Waals surface area contributed by atoms with E-state index in [0.717, 1.165) is 5.84 Å². The highest BCUT2D eigenvalue weighted by Crippen LogP contribution is 2.13. The summed E-state index contributed by atoms with van der Waals surface area (Å²) in [7, 11) is 0. The molecule has 0 aromatic rings. The van der Waals surface area contributed by atoms with Crippen LogP contribution in [-0.2, 0) is 0 Å². The number of amidine groups is 1. The van der Waals surface area contributed by atoms with E-state index in [1.807, 2.05) is 4.90 Å². The first kappa shape index (κ1) is 12.7. The van der Waals surface area contributed by atoms with Crippen LogP contribution < -0.4 is 0 Å². The van der Waals surface area contributed by atoms with Crippen molar-refractivity contribution in [2.75, 3.05) is 0 Å². The summed E-state index contributed by atoms with van der Waals surface area (Å²) in [6, 6.07) is 0. The Morgan fingerprint density at radius 2 is 1.92 bits per heavy atom. The van der Waals surface area contributed by atoms with Gasteiger partial charge in [0.2, 0.25) is 0 Å². The lowest BCUT2D eigenvalue weighted by atomic mass is 10.2. The smallest absolute Gasteiger partial charge is 0.111 e. The normalized spacial score (nSPS) is 14.1. The van der Waals surface area contributed by atoms with Crippen LogP contribution in [0.3, 0.4) is 0 Å². The molecule has 0 heterocycles. The second kappa shape index (κ2) is 6.18. The average Bonchev–Trinajstić information content (AvgIpc) is 2.03. The molecule has 0 saturated carbocycles. The van der Waals surface area contributed by atoms with Gasteiger partial charge >= 0.3 is 0 Å². The average molecular weight is 292 g/mol. The number of alkyl halides is 1. The quantitative estimate of drug-likeness (QED) is 0.255. The van der Waals surface area contributed by atoms with E-state index in [2.05, 4.69) is 61.5 Å². The first-order valence-corrected chi connectivity index (χ1v) is 5.52. The van der Waals surface area contributed by atoms with Crippen LogP contribution in [0.25, 0.3) is 0 Å². The minimum absolute atomic E-state index is 0.358. The molecule has 13 heavy (non-hydrogen) atoms. The maximum absolute atomic E-state index is 4.25. The standard InChI is InChI=1S/C10H17IN2/c1-6-12-10(8(3)4)13(7-2)9(5)11/h6-9H,1-2H2,3-5H3/b12-10-. The minimum atomic E-state index is 0.358. The molecule has 0 bridgehead atoms. The van der Waals surface area contributed by atoms with Crippen LogP contribution in [0.15, 0.2) is 30.6 Å². The van der Waals surface area contributed by atoms with E-state index in [9.17, 15) is 0 Å². The van der Waals surface area contributed by atoms with E-state index in [0.29, 0.717) is 9.97 Å². The van der Waals surface area contributed by atoms with Gasteiger partial charge < -0.3 is 4.90 Å². The SMILES string of the molecule is C=C/N=C(/C(C)C)N(C=C)C(C)I. The van der Waals surface area contributed by atoms with Crippen molar-refractivity contribution in [1.82, 2.24) is 4.90 Å². The molecule has 0 rings (SSSR count). The van der Waals surface area contributed by atoms with Crippen LogP contribution >= 0.6 is 22.6 Å². The van der Waals surface area contributed by atoms with Crippen molar-refractivity contribution in [2.45, 2.75) is 24.8 Å². The minimum Gasteiger partial charge on any atom is -0.325 e. The molecule has 1 unspecified atom stereocenters. The van der Waals surface area contributed by atoms with E-state index in [4.69, 9.17) is 0 Å². The molecule has 0 aliphatic heterocycles. The third kappa shape index (κ3) is 3.93. The summed E-state index contributed by atoms with van der Waals surface area (Å²) in [5.74, 6) is 1.39. The lowest BCUT2D eigenvalue weighted by Crippen LogP contribution is -2.33. The molecular formula is C10H17IN2. The number of halogens is 1. The largest absolute Gasteiger partial charge is 0.325 e. The molecule has 0 aliphatic rings. The number of hydrogen-bond donors (Lipinski definition) is 0. The second-order valence-electron chi connectivity index (χ2n) is 2.99. The van der Waals surface area contributed by atoms with E-state index in [1.165, 1.54) is 0 Å². The second-order valence-corrected chi connectivity index (χ2v) is 4.79. The zero-order valence-electron chi connectivity index (χ0n) is 8.50. The van der Waals surface area contributed by atoms with Gasteiger partial charge in [-0.1, -0.05) is 49.6 Å². The Hall–Kier alpha value is -0.320. The molecule has 1 atom stereocenters. The highest BCUT2D eigenvalue weighted by Gasteiger charge is 2.15.